The highest BCUT2D eigenvalue weighted by molar-refractivity contribution is 5.94. The molecule has 1 fully saturated rings. The molecular weight excluding hydrogens is 237 g/mol. The smallest absolute Gasteiger partial charge is 0.337 e. The molecule has 1 aromatic rings. The highest BCUT2D eigenvalue weighted by atomic mass is 19.1. The molecule has 18 heavy (non-hydrogen) atoms. The van der Waals surface area contributed by atoms with Gasteiger partial charge < -0.3 is 15.5 Å². The topological polar surface area (TPSA) is 69.6 Å². The van der Waals surface area contributed by atoms with Crippen LogP contribution in [0.3, 0.4) is 0 Å². The Morgan fingerprint density at radius 1 is 1.44 bits per heavy atom. The second-order valence-electron chi connectivity index (χ2n) is 4.63. The van der Waals surface area contributed by atoms with Gasteiger partial charge in [-0.25, -0.2) is 9.18 Å². The van der Waals surface area contributed by atoms with Crippen molar-refractivity contribution in [2.24, 2.45) is 5.92 Å². The largest absolute Gasteiger partial charge is 0.478 e. The zero-order valence-electron chi connectivity index (χ0n) is 9.90. The minimum Gasteiger partial charge on any atom is -0.478 e. The van der Waals surface area contributed by atoms with E-state index in [0.29, 0.717) is 12.2 Å². The van der Waals surface area contributed by atoms with E-state index in [1.54, 1.807) is 0 Å². The molecule has 98 valence electrons. The van der Waals surface area contributed by atoms with E-state index in [1.165, 1.54) is 12.1 Å². The average molecular weight is 253 g/mol. The summed E-state index contributed by atoms with van der Waals surface area (Å²) >= 11 is 0. The quantitative estimate of drug-likeness (QED) is 0.768. The molecule has 1 aliphatic carbocycles. The van der Waals surface area contributed by atoms with Crippen LogP contribution >= 0.6 is 0 Å². The van der Waals surface area contributed by atoms with Crippen LogP contribution in [0, 0.1) is 11.7 Å². The van der Waals surface area contributed by atoms with Crippen LogP contribution in [0.25, 0.3) is 0 Å². The predicted octanol–water partition coefficient (Wildman–Crippen LogP) is 2.10. The second-order valence-corrected chi connectivity index (χ2v) is 4.63. The van der Waals surface area contributed by atoms with E-state index in [4.69, 9.17) is 5.11 Å². The Kier molecular flexibility index (Phi) is 3.81. The average Bonchev–Trinajstić information content (AvgIpc) is 2.73. The Labute approximate surface area is 104 Å². The third-order valence-electron chi connectivity index (χ3n) is 3.39. The number of benzene rings is 1. The molecule has 0 aromatic heterocycles. The highest BCUT2D eigenvalue weighted by Crippen LogP contribution is 2.26. The summed E-state index contributed by atoms with van der Waals surface area (Å²) in [6, 6.07) is 3.63. The Morgan fingerprint density at radius 3 is 2.83 bits per heavy atom. The number of hydrogen-bond donors (Lipinski definition) is 3. The van der Waals surface area contributed by atoms with Gasteiger partial charge >= 0.3 is 5.97 Å². The van der Waals surface area contributed by atoms with E-state index in [2.05, 4.69) is 5.32 Å². The minimum atomic E-state index is -1.16. The summed E-state index contributed by atoms with van der Waals surface area (Å²) < 4.78 is 13.0. The normalized spacial score (nSPS) is 23.0. The Hall–Kier alpha value is -1.62. The highest BCUT2D eigenvalue weighted by Gasteiger charge is 2.25. The summed E-state index contributed by atoms with van der Waals surface area (Å²) in [6.07, 6.45) is 2.38. The molecule has 0 radical (unpaired) electrons. The summed E-state index contributed by atoms with van der Waals surface area (Å²) in [5, 5.41) is 21.6. The summed E-state index contributed by atoms with van der Waals surface area (Å²) in [5.41, 5.74) is 0.311. The van der Waals surface area contributed by atoms with Crippen molar-refractivity contribution in [2.45, 2.75) is 25.4 Å². The summed E-state index contributed by atoms with van der Waals surface area (Å²) in [7, 11) is 0. The number of rotatable bonds is 4. The molecule has 0 amide bonds. The molecular formula is C13H16FNO3. The molecule has 0 bridgehead atoms. The molecule has 3 N–H and O–H groups in total. The number of carbonyl (C=O) groups is 1. The molecule has 2 rings (SSSR count). The lowest BCUT2D eigenvalue weighted by atomic mass is 10.1. The van der Waals surface area contributed by atoms with E-state index in [1.807, 2.05) is 0 Å². The number of anilines is 1. The van der Waals surface area contributed by atoms with Crippen molar-refractivity contribution in [3.8, 4) is 0 Å². The van der Waals surface area contributed by atoms with Crippen molar-refractivity contribution in [3.63, 3.8) is 0 Å². The molecule has 0 heterocycles. The first-order valence-corrected chi connectivity index (χ1v) is 6.02. The standard InChI is InChI=1S/C13H16FNO3/c14-9-4-5-11(10(6-9)13(17)18)15-7-8-2-1-3-12(8)16/h4-6,8,12,15-16H,1-3,7H2,(H,17,18). The first-order valence-electron chi connectivity index (χ1n) is 6.02. The fraction of sp³-hybridized carbons (Fsp3) is 0.462. The maximum Gasteiger partial charge on any atom is 0.337 e. The monoisotopic (exact) mass is 253 g/mol. The zero-order valence-corrected chi connectivity index (χ0v) is 9.90. The fourth-order valence-electron chi connectivity index (χ4n) is 2.34. The van der Waals surface area contributed by atoms with E-state index >= 15 is 0 Å². The lowest BCUT2D eigenvalue weighted by Crippen LogP contribution is -2.22. The summed E-state index contributed by atoms with van der Waals surface area (Å²) in [5.74, 6) is -1.60. The molecule has 0 spiro atoms. The number of carboxylic acids is 1. The van der Waals surface area contributed by atoms with Crippen molar-refractivity contribution in [1.82, 2.24) is 0 Å². The maximum absolute atomic E-state index is 13.0. The van der Waals surface area contributed by atoms with Crippen molar-refractivity contribution < 1.29 is 19.4 Å². The van der Waals surface area contributed by atoms with Crippen LogP contribution in [0.5, 0.6) is 0 Å². The van der Waals surface area contributed by atoms with Crippen LogP contribution in [-0.2, 0) is 0 Å². The van der Waals surface area contributed by atoms with Gasteiger partial charge in [0.1, 0.15) is 5.82 Å². The van der Waals surface area contributed by atoms with Gasteiger partial charge in [0.2, 0.25) is 0 Å². The number of aromatic carboxylic acids is 1. The van der Waals surface area contributed by atoms with Gasteiger partial charge in [-0.1, -0.05) is 6.42 Å². The Morgan fingerprint density at radius 2 is 2.22 bits per heavy atom. The van der Waals surface area contributed by atoms with Gasteiger partial charge in [-0.15, -0.1) is 0 Å². The maximum atomic E-state index is 13.0. The molecule has 1 aromatic carbocycles. The Balaban J connectivity index is 2.06. The van der Waals surface area contributed by atoms with Gasteiger partial charge in [0.15, 0.2) is 0 Å². The molecule has 0 saturated heterocycles. The number of halogens is 1. The van der Waals surface area contributed by atoms with Crippen molar-refractivity contribution in [2.75, 3.05) is 11.9 Å². The molecule has 1 saturated carbocycles. The van der Waals surface area contributed by atoms with Crippen LogP contribution in [0.15, 0.2) is 18.2 Å². The number of aliphatic hydroxyl groups is 1. The molecule has 4 nitrogen and oxygen atoms in total. The van der Waals surface area contributed by atoms with Gasteiger partial charge in [0, 0.05) is 18.2 Å². The molecule has 5 heteroatoms. The number of hydrogen-bond acceptors (Lipinski definition) is 3. The summed E-state index contributed by atoms with van der Waals surface area (Å²) in [4.78, 5) is 11.0. The van der Waals surface area contributed by atoms with Gasteiger partial charge in [0.05, 0.1) is 11.7 Å². The Bertz CT molecular complexity index is 450. The molecule has 0 aliphatic heterocycles. The molecule has 2 atom stereocenters. The lowest BCUT2D eigenvalue weighted by Gasteiger charge is -2.17. The van der Waals surface area contributed by atoms with Crippen molar-refractivity contribution in [3.05, 3.63) is 29.6 Å². The third kappa shape index (κ3) is 2.79. The minimum absolute atomic E-state index is 0.0810. The van der Waals surface area contributed by atoms with Crippen LogP contribution < -0.4 is 5.32 Å². The fourth-order valence-corrected chi connectivity index (χ4v) is 2.34. The van der Waals surface area contributed by atoms with E-state index in [-0.39, 0.29) is 17.6 Å². The first kappa shape index (κ1) is 12.8. The van der Waals surface area contributed by atoms with Gasteiger partial charge in [0.25, 0.3) is 0 Å². The number of nitrogens with one attached hydrogen (secondary N) is 1. The van der Waals surface area contributed by atoms with E-state index in [9.17, 15) is 14.3 Å². The van der Waals surface area contributed by atoms with E-state index in [0.717, 1.165) is 25.3 Å². The van der Waals surface area contributed by atoms with Crippen LogP contribution in [0.2, 0.25) is 0 Å². The van der Waals surface area contributed by atoms with Crippen molar-refractivity contribution in [1.29, 1.82) is 0 Å². The number of carboxylic acid groups (broad SMARTS) is 1. The third-order valence-corrected chi connectivity index (χ3v) is 3.39. The number of aliphatic hydroxyl groups excluding tert-OH is 1. The van der Waals surface area contributed by atoms with Gasteiger partial charge in [-0.3, -0.25) is 0 Å². The second kappa shape index (κ2) is 5.35. The van der Waals surface area contributed by atoms with Crippen LogP contribution in [-0.4, -0.2) is 28.8 Å². The SMILES string of the molecule is O=C(O)c1cc(F)ccc1NCC1CCCC1O. The van der Waals surface area contributed by atoms with Gasteiger partial charge in [-0.05, 0) is 31.0 Å². The predicted molar refractivity (Wildman–Crippen MR) is 65.2 cm³/mol. The molecule has 2 unspecified atom stereocenters. The zero-order chi connectivity index (χ0) is 13.1. The summed E-state index contributed by atoms with van der Waals surface area (Å²) in [6.45, 7) is 0.507. The van der Waals surface area contributed by atoms with Crippen LogP contribution in [0.4, 0.5) is 10.1 Å². The molecule has 1 aliphatic rings. The first-order chi connectivity index (χ1) is 8.58. The van der Waals surface area contributed by atoms with Gasteiger partial charge in [-0.2, -0.15) is 0 Å². The lowest BCUT2D eigenvalue weighted by molar-refractivity contribution is 0.0697. The van der Waals surface area contributed by atoms with Crippen molar-refractivity contribution >= 4 is 11.7 Å². The van der Waals surface area contributed by atoms with Crippen LogP contribution in [0.1, 0.15) is 29.6 Å². The van der Waals surface area contributed by atoms with E-state index < -0.39 is 11.8 Å².